The van der Waals surface area contributed by atoms with Gasteiger partial charge in [-0.3, -0.25) is 0 Å². The van der Waals surface area contributed by atoms with Gasteiger partial charge in [-0.1, -0.05) is 89.9 Å². The number of rotatable bonds is 2. The zero-order valence-electron chi connectivity index (χ0n) is 16.4. The van der Waals surface area contributed by atoms with Crippen LogP contribution < -0.4 is 0 Å². The monoisotopic (exact) mass is 436 g/mol. The molecule has 30 heavy (non-hydrogen) atoms. The van der Waals surface area contributed by atoms with Gasteiger partial charge in [-0.05, 0) is 36.5 Å². The first-order valence-electron chi connectivity index (χ1n) is 9.68. The molecular weight excluding hydrogens is 415 g/mol. The fourth-order valence-corrected chi connectivity index (χ4v) is 3.42. The number of nitrogens with zero attached hydrogens (tertiary/aromatic N) is 4. The van der Waals surface area contributed by atoms with E-state index in [1.165, 1.54) is 24.7 Å². The van der Waals surface area contributed by atoms with Crippen LogP contribution in [0.4, 0.5) is 0 Å². The molecule has 1 unspecified atom stereocenters. The Morgan fingerprint density at radius 1 is 0.633 bits per heavy atom. The maximum atomic E-state index is 5.91. The lowest BCUT2D eigenvalue weighted by Gasteiger charge is -2.36. The van der Waals surface area contributed by atoms with Crippen LogP contribution in [-0.2, 0) is 0 Å². The highest BCUT2D eigenvalue weighted by Gasteiger charge is 2.34. The van der Waals surface area contributed by atoms with Gasteiger partial charge in [-0.25, -0.2) is 19.9 Å². The zero-order valence-corrected chi connectivity index (χ0v) is 17.9. The predicted octanol–water partition coefficient (Wildman–Crippen LogP) is 6.61. The van der Waals surface area contributed by atoms with Crippen molar-refractivity contribution in [2.45, 2.75) is 24.7 Å². The summed E-state index contributed by atoms with van der Waals surface area (Å²) < 4.78 is 0. The first-order valence-corrected chi connectivity index (χ1v) is 10.4. The third kappa shape index (κ3) is 6.90. The van der Waals surface area contributed by atoms with Crippen LogP contribution in [0.2, 0.25) is 10.3 Å². The lowest BCUT2D eigenvalue weighted by atomic mass is 9.68. The molecule has 6 heteroatoms. The maximum Gasteiger partial charge on any atom is 0.132 e. The van der Waals surface area contributed by atoms with E-state index in [4.69, 9.17) is 23.2 Å². The van der Waals surface area contributed by atoms with E-state index < -0.39 is 0 Å². The Hall–Kier alpha value is -2.82. The van der Waals surface area contributed by atoms with E-state index in [-0.39, 0.29) is 0 Å². The van der Waals surface area contributed by atoms with Crippen LogP contribution in [0.1, 0.15) is 35.9 Å². The van der Waals surface area contributed by atoms with Crippen molar-refractivity contribution in [2.75, 3.05) is 0 Å². The van der Waals surface area contributed by atoms with Gasteiger partial charge in [-0.15, -0.1) is 0 Å². The van der Waals surface area contributed by atoms with Crippen LogP contribution in [0.3, 0.4) is 0 Å². The maximum absolute atomic E-state index is 5.91. The molecule has 2 heterocycles. The molecule has 1 saturated carbocycles. The second kappa shape index (κ2) is 12.0. The second-order valence-corrected chi connectivity index (χ2v) is 7.43. The molecule has 5 rings (SSSR count). The number of hydrogen-bond donors (Lipinski definition) is 0. The predicted molar refractivity (Wildman–Crippen MR) is 122 cm³/mol. The van der Waals surface area contributed by atoms with Gasteiger partial charge in [0.15, 0.2) is 0 Å². The third-order valence-electron chi connectivity index (χ3n) is 4.75. The molecular formula is C24H22Cl2N4. The average molecular weight is 437 g/mol. The smallest absolute Gasteiger partial charge is 0.132 e. The Bertz CT molecular complexity index is 959. The highest BCUT2D eigenvalue weighted by Crippen LogP contribution is 2.48. The van der Waals surface area contributed by atoms with Gasteiger partial charge in [0, 0.05) is 17.8 Å². The van der Waals surface area contributed by atoms with E-state index in [0.29, 0.717) is 22.1 Å². The van der Waals surface area contributed by atoms with E-state index in [0.717, 1.165) is 5.69 Å². The molecule has 4 aromatic rings. The van der Waals surface area contributed by atoms with E-state index >= 15 is 0 Å². The van der Waals surface area contributed by atoms with Crippen LogP contribution in [0.5, 0.6) is 0 Å². The molecule has 0 amide bonds. The largest absolute Gasteiger partial charge is 0.245 e. The molecule has 1 aliphatic carbocycles. The molecule has 1 fully saturated rings. The van der Waals surface area contributed by atoms with Crippen molar-refractivity contribution in [3.63, 3.8) is 0 Å². The van der Waals surface area contributed by atoms with Gasteiger partial charge in [0.05, 0.1) is 0 Å². The lowest BCUT2D eigenvalue weighted by Crippen LogP contribution is -2.22. The molecule has 1 aliphatic rings. The molecule has 0 radical (unpaired) electrons. The van der Waals surface area contributed by atoms with Crippen molar-refractivity contribution >= 4 is 23.2 Å². The van der Waals surface area contributed by atoms with Crippen LogP contribution >= 0.6 is 23.2 Å². The third-order valence-corrected chi connectivity index (χ3v) is 5.18. The van der Waals surface area contributed by atoms with Crippen molar-refractivity contribution in [3.05, 3.63) is 119 Å². The van der Waals surface area contributed by atoms with Gasteiger partial charge in [-0.2, -0.15) is 0 Å². The zero-order chi connectivity index (χ0) is 21.0. The topological polar surface area (TPSA) is 51.6 Å². The standard InChI is InChI=1S/C14H13ClN2.C6H6.C4H3ClN2/c15-14-8-13(16-9-17-14)12-7-6-11(12)10-4-2-1-3-5-10;1-2-4-6-5-3-1;5-4-1-2-6-3-7-4/h1-5,8-9,11-12H,6-7H2;1-6H;1-3H/t11?,12-;;/m0../s1. The molecule has 0 N–H and O–H groups in total. The van der Waals surface area contributed by atoms with E-state index in [1.54, 1.807) is 18.6 Å². The van der Waals surface area contributed by atoms with Crippen LogP contribution in [0, 0.1) is 0 Å². The van der Waals surface area contributed by atoms with E-state index in [1.807, 2.05) is 42.5 Å². The Labute approximate surface area is 187 Å². The minimum absolute atomic E-state index is 0.481. The summed E-state index contributed by atoms with van der Waals surface area (Å²) in [5, 5.41) is 1.02. The number of hydrogen-bond acceptors (Lipinski definition) is 4. The molecule has 0 aliphatic heterocycles. The molecule has 2 atom stereocenters. The van der Waals surface area contributed by atoms with Crippen molar-refractivity contribution in [3.8, 4) is 0 Å². The van der Waals surface area contributed by atoms with Crippen molar-refractivity contribution < 1.29 is 0 Å². The Morgan fingerprint density at radius 2 is 1.23 bits per heavy atom. The minimum atomic E-state index is 0.481. The number of benzene rings is 2. The molecule has 0 spiro atoms. The highest BCUT2D eigenvalue weighted by molar-refractivity contribution is 6.29. The van der Waals surface area contributed by atoms with E-state index in [2.05, 4.69) is 50.3 Å². The number of halogens is 2. The summed E-state index contributed by atoms with van der Waals surface area (Å²) in [6, 6.07) is 26.1. The Kier molecular flexibility index (Phi) is 8.76. The average Bonchev–Trinajstić information content (AvgIpc) is 2.77. The molecule has 0 bridgehead atoms. The second-order valence-electron chi connectivity index (χ2n) is 6.65. The van der Waals surface area contributed by atoms with E-state index in [9.17, 15) is 0 Å². The molecule has 4 nitrogen and oxygen atoms in total. The van der Waals surface area contributed by atoms with Gasteiger partial charge < -0.3 is 0 Å². The van der Waals surface area contributed by atoms with Gasteiger partial charge in [0.25, 0.3) is 0 Å². The molecule has 2 aromatic carbocycles. The summed E-state index contributed by atoms with van der Waals surface area (Å²) in [4.78, 5) is 15.6. The summed E-state index contributed by atoms with van der Waals surface area (Å²) in [6.45, 7) is 0. The molecule has 0 saturated heterocycles. The first-order chi connectivity index (χ1) is 14.7. The highest BCUT2D eigenvalue weighted by atomic mass is 35.5. The van der Waals surface area contributed by atoms with Crippen molar-refractivity contribution in [2.24, 2.45) is 0 Å². The Balaban J connectivity index is 0.000000161. The first kappa shape index (κ1) is 21.9. The summed E-state index contributed by atoms with van der Waals surface area (Å²) in [5.41, 5.74) is 2.48. The fraction of sp³-hybridized carbons (Fsp3) is 0.167. The lowest BCUT2D eigenvalue weighted by molar-refractivity contribution is 0.339. The summed E-state index contributed by atoms with van der Waals surface area (Å²) in [6.07, 6.45) is 6.97. The number of aromatic nitrogens is 4. The molecule has 2 aromatic heterocycles. The summed E-state index contributed by atoms with van der Waals surface area (Å²) in [5.74, 6) is 1.08. The van der Waals surface area contributed by atoms with Crippen LogP contribution in [0.25, 0.3) is 0 Å². The molecule has 152 valence electrons. The van der Waals surface area contributed by atoms with Gasteiger partial charge in [0.1, 0.15) is 23.0 Å². The van der Waals surface area contributed by atoms with Crippen LogP contribution in [0.15, 0.2) is 97.7 Å². The SMILES string of the molecule is Clc1cc([C@H]2CCC2c2ccccc2)ncn1.Clc1ccncn1.c1ccccc1. The Morgan fingerprint density at radius 3 is 1.70 bits per heavy atom. The quantitative estimate of drug-likeness (QED) is 0.331. The van der Waals surface area contributed by atoms with Crippen molar-refractivity contribution in [1.82, 2.24) is 19.9 Å². The summed E-state index contributed by atoms with van der Waals surface area (Å²) in [7, 11) is 0. The normalized spacial score (nSPS) is 16.7. The van der Waals surface area contributed by atoms with Crippen LogP contribution in [-0.4, -0.2) is 19.9 Å². The van der Waals surface area contributed by atoms with Crippen molar-refractivity contribution in [1.29, 1.82) is 0 Å². The van der Waals surface area contributed by atoms with Gasteiger partial charge >= 0.3 is 0 Å². The fourth-order valence-electron chi connectivity index (χ4n) is 3.16. The minimum Gasteiger partial charge on any atom is -0.245 e. The summed E-state index contributed by atoms with van der Waals surface area (Å²) >= 11 is 11.3. The van der Waals surface area contributed by atoms with Gasteiger partial charge in [0.2, 0.25) is 0 Å².